The maximum atomic E-state index is 13.5. The molecule has 144 valence electrons. The zero-order valence-corrected chi connectivity index (χ0v) is 15.0. The van der Waals surface area contributed by atoms with E-state index in [0.717, 1.165) is 10.4 Å². The van der Waals surface area contributed by atoms with Crippen molar-refractivity contribution in [3.63, 3.8) is 0 Å². The summed E-state index contributed by atoms with van der Waals surface area (Å²) >= 11 is 0. The van der Waals surface area contributed by atoms with E-state index in [1.807, 2.05) is 0 Å². The predicted molar refractivity (Wildman–Crippen MR) is 89.2 cm³/mol. The Morgan fingerprint density at radius 3 is 2.65 bits per heavy atom. The summed E-state index contributed by atoms with van der Waals surface area (Å²) in [5, 5.41) is 5.73. The number of H-pyrrole nitrogens is 1. The minimum atomic E-state index is -4.67. The number of nitrogens with zero attached hydrogens (tertiary/aromatic N) is 4. The Kier molecular flexibility index (Phi) is 4.61. The Morgan fingerprint density at radius 2 is 2.04 bits per heavy atom. The third-order valence-corrected chi connectivity index (χ3v) is 6.38. The van der Waals surface area contributed by atoms with E-state index in [-0.39, 0.29) is 29.1 Å². The number of nitrogens with one attached hydrogen (secondary N) is 1. The molecular formula is C14H19F3N6O2S. The van der Waals surface area contributed by atoms with Crippen LogP contribution in [-0.4, -0.2) is 52.8 Å². The van der Waals surface area contributed by atoms with Gasteiger partial charge in [0.05, 0.1) is 22.7 Å². The van der Waals surface area contributed by atoms with Crippen molar-refractivity contribution in [1.29, 1.82) is 0 Å². The molecule has 0 aromatic carbocycles. The van der Waals surface area contributed by atoms with Crippen LogP contribution < -0.4 is 5.73 Å². The fraction of sp³-hybridized carbons (Fsp3) is 0.571. The van der Waals surface area contributed by atoms with E-state index in [1.165, 1.54) is 18.4 Å². The number of hydrogen-bond donors (Lipinski definition) is 2. The molecule has 1 fully saturated rings. The fourth-order valence-electron chi connectivity index (χ4n) is 3.15. The lowest BCUT2D eigenvalue weighted by atomic mass is 9.99. The van der Waals surface area contributed by atoms with Crippen molar-refractivity contribution in [3.05, 3.63) is 17.3 Å². The van der Waals surface area contributed by atoms with E-state index < -0.39 is 28.0 Å². The molecule has 0 amide bonds. The molecule has 0 aliphatic carbocycles. The van der Waals surface area contributed by atoms with Gasteiger partial charge in [-0.15, -0.1) is 0 Å². The van der Waals surface area contributed by atoms with Crippen LogP contribution in [-0.2, 0) is 16.4 Å². The van der Waals surface area contributed by atoms with E-state index >= 15 is 0 Å². The number of anilines is 1. The van der Waals surface area contributed by atoms with E-state index in [9.17, 15) is 21.6 Å². The van der Waals surface area contributed by atoms with Crippen LogP contribution in [0.1, 0.15) is 36.6 Å². The van der Waals surface area contributed by atoms with Gasteiger partial charge < -0.3 is 5.73 Å². The van der Waals surface area contributed by atoms with Crippen molar-refractivity contribution < 1.29 is 21.6 Å². The highest BCUT2D eigenvalue weighted by Crippen LogP contribution is 2.40. The smallest absolute Gasteiger partial charge is 0.383 e. The van der Waals surface area contributed by atoms with Crippen LogP contribution in [0.3, 0.4) is 0 Å². The lowest BCUT2D eigenvalue weighted by Crippen LogP contribution is -2.44. The van der Waals surface area contributed by atoms with Crippen molar-refractivity contribution in [2.45, 2.75) is 31.5 Å². The number of aromatic nitrogens is 3. The quantitative estimate of drug-likeness (QED) is 0.829. The SMILES string of the molecule is CN(C)S(=O)(=O)N1CCCCC1c1cc(C(F)(F)F)c2c(N)[nH]nc2n1. The molecule has 8 nitrogen and oxygen atoms in total. The van der Waals surface area contributed by atoms with Crippen LogP contribution in [0.25, 0.3) is 11.0 Å². The van der Waals surface area contributed by atoms with Gasteiger partial charge in [-0.25, -0.2) is 4.98 Å². The van der Waals surface area contributed by atoms with E-state index in [2.05, 4.69) is 15.2 Å². The number of alkyl halides is 3. The molecule has 26 heavy (non-hydrogen) atoms. The maximum absolute atomic E-state index is 13.5. The first kappa shape index (κ1) is 18.9. The number of aromatic amines is 1. The Hall–Kier alpha value is -1.92. The number of pyridine rings is 1. The Labute approximate surface area is 148 Å². The minimum Gasteiger partial charge on any atom is -0.383 e. The molecule has 3 N–H and O–H groups in total. The summed E-state index contributed by atoms with van der Waals surface area (Å²) in [7, 11) is -1.04. The second kappa shape index (κ2) is 6.35. The number of fused-ring (bicyclic) bond motifs is 1. The average Bonchev–Trinajstić information content (AvgIpc) is 2.94. The predicted octanol–water partition coefficient (Wildman–Crippen LogP) is 1.89. The molecule has 2 aromatic heterocycles. The highest BCUT2D eigenvalue weighted by atomic mass is 32.2. The molecule has 0 bridgehead atoms. The molecule has 12 heteroatoms. The van der Waals surface area contributed by atoms with Crippen LogP contribution >= 0.6 is 0 Å². The van der Waals surface area contributed by atoms with Crippen molar-refractivity contribution >= 4 is 27.1 Å². The van der Waals surface area contributed by atoms with Gasteiger partial charge in [0.1, 0.15) is 5.82 Å². The number of rotatable bonds is 3. The lowest BCUT2D eigenvalue weighted by Gasteiger charge is -2.36. The van der Waals surface area contributed by atoms with Gasteiger partial charge in [-0.1, -0.05) is 6.42 Å². The Balaban J connectivity index is 2.17. The highest BCUT2D eigenvalue weighted by Gasteiger charge is 2.39. The van der Waals surface area contributed by atoms with Crippen LogP contribution in [0.2, 0.25) is 0 Å². The normalized spacial score (nSPS) is 20.2. The first-order valence-corrected chi connectivity index (χ1v) is 9.34. The van der Waals surface area contributed by atoms with Crippen molar-refractivity contribution in [2.75, 3.05) is 26.4 Å². The van der Waals surface area contributed by atoms with Gasteiger partial charge in [-0.3, -0.25) is 5.10 Å². The largest absolute Gasteiger partial charge is 0.417 e. The standard InChI is InChI=1S/C14H19F3N6O2S/c1-22(2)26(24,25)23-6-4-3-5-10(23)9-7-8(14(15,16)17)11-12(18)20-21-13(11)19-9/h7,10H,3-6H2,1-2H3,(H3,18,19,20,21). The van der Waals surface area contributed by atoms with Gasteiger partial charge in [0.15, 0.2) is 5.65 Å². The molecule has 3 heterocycles. The van der Waals surface area contributed by atoms with Crippen molar-refractivity contribution in [1.82, 2.24) is 23.8 Å². The maximum Gasteiger partial charge on any atom is 0.417 e. The molecule has 0 spiro atoms. The molecule has 1 unspecified atom stereocenters. The summed E-state index contributed by atoms with van der Waals surface area (Å²) in [6.45, 7) is 0.217. The Morgan fingerprint density at radius 1 is 1.35 bits per heavy atom. The van der Waals surface area contributed by atoms with Gasteiger partial charge in [-0.2, -0.15) is 35.3 Å². The van der Waals surface area contributed by atoms with Crippen molar-refractivity contribution in [3.8, 4) is 0 Å². The first-order chi connectivity index (χ1) is 12.0. The van der Waals surface area contributed by atoms with Crippen LogP contribution in [0.5, 0.6) is 0 Å². The summed E-state index contributed by atoms with van der Waals surface area (Å²) in [5.74, 6) is -0.229. The van der Waals surface area contributed by atoms with Crippen LogP contribution in [0.15, 0.2) is 6.07 Å². The molecule has 1 aliphatic heterocycles. The molecule has 0 saturated carbocycles. The molecule has 3 rings (SSSR count). The van der Waals surface area contributed by atoms with Gasteiger partial charge in [0.25, 0.3) is 10.2 Å². The number of hydrogen-bond acceptors (Lipinski definition) is 5. The Bertz CT molecular complexity index is 925. The highest BCUT2D eigenvalue weighted by molar-refractivity contribution is 7.86. The van der Waals surface area contributed by atoms with Gasteiger partial charge in [0.2, 0.25) is 0 Å². The van der Waals surface area contributed by atoms with Gasteiger partial charge in [-0.05, 0) is 18.9 Å². The average molecular weight is 392 g/mol. The fourth-order valence-corrected chi connectivity index (χ4v) is 4.46. The monoisotopic (exact) mass is 392 g/mol. The topological polar surface area (TPSA) is 108 Å². The molecular weight excluding hydrogens is 373 g/mol. The first-order valence-electron chi connectivity index (χ1n) is 7.94. The van der Waals surface area contributed by atoms with Crippen molar-refractivity contribution in [2.24, 2.45) is 0 Å². The zero-order chi connectivity index (χ0) is 19.3. The number of piperidine rings is 1. The number of nitrogen functional groups attached to an aromatic ring is 1. The second-order valence-electron chi connectivity index (χ2n) is 6.34. The summed E-state index contributed by atoms with van der Waals surface area (Å²) in [5.41, 5.74) is 4.43. The molecule has 0 radical (unpaired) electrons. The third-order valence-electron chi connectivity index (χ3n) is 4.43. The molecule has 1 atom stereocenters. The third kappa shape index (κ3) is 3.12. The van der Waals surface area contributed by atoms with Crippen LogP contribution in [0, 0.1) is 0 Å². The molecule has 1 aliphatic rings. The summed E-state index contributed by atoms with van der Waals surface area (Å²) in [6.07, 6.45) is -2.97. The number of halogens is 3. The lowest BCUT2D eigenvalue weighted by molar-refractivity contribution is -0.136. The van der Waals surface area contributed by atoms with E-state index in [4.69, 9.17) is 5.73 Å². The van der Waals surface area contributed by atoms with Gasteiger partial charge >= 0.3 is 6.18 Å². The summed E-state index contributed by atoms with van der Waals surface area (Å²) in [6, 6.07) is 0.0853. The number of nitrogens with two attached hydrogens (primary N) is 1. The summed E-state index contributed by atoms with van der Waals surface area (Å²) < 4.78 is 67.9. The van der Waals surface area contributed by atoms with E-state index in [0.29, 0.717) is 19.3 Å². The minimum absolute atomic E-state index is 0.0152. The summed E-state index contributed by atoms with van der Waals surface area (Å²) in [4.78, 5) is 4.17. The molecule has 2 aromatic rings. The van der Waals surface area contributed by atoms with Crippen LogP contribution in [0.4, 0.5) is 19.0 Å². The van der Waals surface area contributed by atoms with Gasteiger partial charge in [0, 0.05) is 20.6 Å². The van der Waals surface area contributed by atoms with E-state index in [1.54, 1.807) is 0 Å². The second-order valence-corrected chi connectivity index (χ2v) is 8.44. The molecule has 1 saturated heterocycles. The zero-order valence-electron chi connectivity index (χ0n) is 14.2.